The first-order valence-electron chi connectivity index (χ1n) is 8.57. The van der Waals surface area contributed by atoms with Crippen LogP contribution in [-0.2, 0) is 4.74 Å². The molecule has 0 amide bonds. The van der Waals surface area contributed by atoms with Gasteiger partial charge in [-0.3, -0.25) is 0 Å². The van der Waals surface area contributed by atoms with E-state index in [1.54, 1.807) is 6.08 Å². The maximum absolute atomic E-state index is 11.9. The molecule has 2 fully saturated rings. The normalized spacial score (nSPS) is 35.5. The van der Waals surface area contributed by atoms with E-state index in [1.165, 1.54) is 57.8 Å². The third-order valence-electron chi connectivity index (χ3n) is 5.68. The van der Waals surface area contributed by atoms with Crippen LogP contribution in [0, 0.1) is 23.7 Å². The van der Waals surface area contributed by atoms with Gasteiger partial charge in [0.1, 0.15) is 0 Å². The van der Waals surface area contributed by atoms with Crippen molar-refractivity contribution in [1.82, 2.24) is 0 Å². The Kier molecular flexibility index (Phi) is 7.06. The molecule has 0 unspecified atom stereocenters. The minimum absolute atomic E-state index is 0.699. The predicted molar refractivity (Wildman–Crippen MR) is 82.3 cm³/mol. The average Bonchev–Trinajstić information content (AvgIpc) is 2.49. The van der Waals surface area contributed by atoms with E-state index in [1.807, 2.05) is 7.11 Å². The Balaban J connectivity index is 1.64. The molecule has 0 aromatic carbocycles. The molecule has 2 saturated carbocycles. The van der Waals surface area contributed by atoms with Crippen LogP contribution in [0.25, 0.3) is 0 Å². The number of hydrogen-bond acceptors (Lipinski definition) is 1. The molecule has 0 atom stereocenters. The molecule has 0 bridgehead atoms. The highest BCUT2D eigenvalue weighted by molar-refractivity contribution is 4.83. The Bertz CT molecular complexity index is 273. The third kappa shape index (κ3) is 4.87. The van der Waals surface area contributed by atoms with E-state index in [2.05, 4.69) is 0 Å². The van der Waals surface area contributed by atoms with E-state index >= 15 is 0 Å². The first-order valence-corrected chi connectivity index (χ1v) is 8.57. The first kappa shape index (κ1) is 16.0. The van der Waals surface area contributed by atoms with Gasteiger partial charge in [-0.1, -0.05) is 18.9 Å². The summed E-state index contributed by atoms with van der Waals surface area (Å²) in [4.78, 5) is 0. The summed E-state index contributed by atoms with van der Waals surface area (Å²) in [5.41, 5.74) is 0. The Morgan fingerprint density at radius 1 is 0.900 bits per heavy atom. The lowest BCUT2D eigenvalue weighted by Crippen LogP contribution is -2.27. The summed E-state index contributed by atoms with van der Waals surface area (Å²) in [7, 11) is 1.82. The number of ether oxygens (including phenoxy) is 1. The van der Waals surface area contributed by atoms with E-state index < -0.39 is 0 Å². The van der Waals surface area contributed by atoms with Gasteiger partial charge in [-0.25, -0.2) is 4.39 Å². The van der Waals surface area contributed by atoms with Gasteiger partial charge in [0.15, 0.2) is 0 Å². The second-order valence-corrected chi connectivity index (χ2v) is 6.96. The van der Waals surface area contributed by atoms with Crippen LogP contribution in [0.2, 0.25) is 0 Å². The summed E-state index contributed by atoms with van der Waals surface area (Å²) in [5, 5.41) is 0. The van der Waals surface area contributed by atoms with Gasteiger partial charge >= 0.3 is 0 Å². The van der Waals surface area contributed by atoms with Crippen molar-refractivity contribution in [3.05, 3.63) is 12.4 Å². The summed E-state index contributed by atoms with van der Waals surface area (Å²) in [6.07, 6.45) is 15.7. The molecule has 0 saturated heterocycles. The highest BCUT2D eigenvalue weighted by Crippen LogP contribution is 2.42. The van der Waals surface area contributed by atoms with Crippen LogP contribution in [0.3, 0.4) is 0 Å². The van der Waals surface area contributed by atoms with Crippen molar-refractivity contribution in [2.24, 2.45) is 23.7 Å². The van der Waals surface area contributed by atoms with Crippen molar-refractivity contribution < 1.29 is 9.13 Å². The minimum Gasteiger partial charge on any atom is -0.384 e. The molecule has 0 heterocycles. The van der Waals surface area contributed by atoms with Crippen molar-refractivity contribution in [1.29, 1.82) is 0 Å². The van der Waals surface area contributed by atoms with Crippen LogP contribution in [0.4, 0.5) is 4.39 Å². The molecule has 1 nitrogen and oxygen atoms in total. The molecule has 0 N–H and O–H groups in total. The zero-order valence-electron chi connectivity index (χ0n) is 13.0. The van der Waals surface area contributed by atoms with Crippen molar-refractivity contribution in [2.45, 2.75) is 64.2 Å². The highest BCUT2D eigenvalue weighted by Gasteiger charge is 2.30. The van der Waals surface area contributed by atoms with Crippen molar-refractivity contribution in [2.75, 3.05) is 13.7 Å². The van der Waals surface area contributed by atoms with Gasteiger partial charge in [-0.15, -0.1) is 0 Å². The Labute approximate surface area is 124 Å². The van der Waals surface area contributed by atoms with E-state index in [9.17, 15) is 4.39 Å². The molecule has 0 radical (unpaired) electrons. The quantitative estimate of drug-likeness (QED) is 0.624. The molecule has 0 spiro atoms. The fourth-order valence-electron chi connectivity index (χ4n) is 4.41. The maximum Gasteiger partial charge on any atom is 0.0827 e. The molecule has 0 aromatic rings. The second kappa shape index (κ2) is 8.81. The molecule has 2 heteroatoms. The molecule has 2 aliphatic carbocycles. The van der Waals surface area contributed by atoms with E-state index in [-0.39, 0.29) is 0 Å². The SMILES string of the molecule is COC[C@H]1CC[C@H]([C@H]2CC[C@H](CC/C=C/F)CC2)CC1. The first-order chi connectivity index (χ1) is 9.83. The smallest absolute Gasteiger partial charge is 0.0827 e. The Morgan fingerprint density at radius 2 is 1.45 bits per heavy atom. The molecule has 0 aromatic heterocycles. The van der Waals surface area contributed by atoms with Crippen molar-refractivity contribution >= 4 is 0 Å². The number of rotatable bonds is 6. The Morgan fingerprint density at radius 3 is 1.95 bits per heavy atom. The van der Waals surface area contributed by atoms with Crippen LogP contribution in [0.1, 0.15) is 64.2 Å². The molecule has 116 valence electrons. The number of hydrogen-bond donors (Lipinski definition) is 0. The maximum atomic E-state index is 11.9. The topological polar surface area (TPSA) is 9.23 Å². The second-order valence-electron chi connectivity index (χ2n) is 6.96. The van der Waals surface area contributed by atoms with Gasteiger partial charge in [-0.05, 0) is 75.0 Å². The average molecular weight is 282 g/mol. The molecular weight excluding hydrogens is 251 g/mol. The van der Waals surface area contributed by atoms with Gasteiger partial charge in [0.2, 0.25) is 0 Å². The zero-order valence-corrected chi connectivity index (χ0v) is 13.0. The van der Waals surface area contributed by atoms with E-state index in [4.69, 9.17) is 4.74 Å². The van der Waals surface area contributed by atoms with E-state index in [0.29, 0.717) is 6.33 Å². The molecule has 2 aliphatic rings. The fourth-order valence-corrected chi connectivity index (χ4v) is 4.41. The monoisotopic (exact) mass is 282 g/mol. The lowest BCUT2D eigenvalue weighted by Gasteiger charge is -2.37. The predicted octanol–water partition coefficient (Wildman–Crippen LogP) is 5.51. The summed E-state index contributed by atoms with van der Waals surface area (Å²) in [6, 6.07) is 0. The Hall–Kier alpha value is -0.370. The molecule has 0 aliphatic heterocycles. The van der Waals surface area contributed by atoms with Crippen LogP contribution in [-0.4, -0.2) is 13.7 Å². The largest absolute Gasteiger partial charge is 0.384 e. The fraction of sp³-hybridized carbons (Fsp3) is 0.889. The zero-order chi connectivity index (χ0) is 14.2. The third-order valence-corrected chi connectivity index (χ3v) is 5.68. The lowest BCUT2D eigenvalue weighted by molar-refractivity contribution is 0.0928. The summed E-state index contributed by atoms with van der Waals surface area (Å²) in [6.45, 7) is 0.960. The van der Waals surface area contributed by atoms with Crippen LogP contribution >= 0.6 is 0 Å². The molecule has 2 rings (SSSR count). The number of methoxy groups -OCH3 is 1. The summed E-state index contributed by atoms with van der Waals surface area (Å²) >= 11 is 0. The van der Waals surface area contributed by atoms with Crippen LogP contribution < -0.4 is 0 Å². The van der Waals surface area contributed by atoms with Crippen LogP contribution in [0.15, 0.2) is 12.4 Å². The van der Waals surface area contributed by atoms with Crippen LogP contribution in [0.5, 0.6) is 0 Å². The van der Waals surface area contributed by atoms with Crippen molar-refractivity contribution in [3.8, 4) is 0 Å². The van der Waals surface area contributed by atoms with E-state index in [0.717, 1.165) is 36.7 Å². The number of halogens is 1. The number of allylic oxidation sites excluding steroid dienone is 1. The van der Waals surface area contributed by atoms with Gasteiger partial charge in [0, 0.05) is 13.7 Å². The van der Waals surface area contributed by atoms with Gasteiger partial charge in [0.25, 0.3) is 0 Å². The minimum atomic E-state index is 0.699. The highest BCUT2D eigenvalue weighted by atomic mass is 19.1. The van der Waals surface area contributed by atoms with Gasteiger partial charge < -0.3 is 4.74 Å². The van der Waals surface area contributed by atoms with Crippen molar-refractivity contribution in [3.63, 3.8) is 0 Å². The summed E-state index contributed by atoms with van der Waals surface area (Å²) < 4.78 is 17.2. The standard InChI is InChI=1S/C18H31FO/c1-20-14-16-7-11-18(12-8-16)17-9-5-15(6-10-17)4-2-3-13-19/h3,13,15-18H,2,4-12,14H2,1H3/b13-3+/t15-,16-,17-,18-. The summed E-state index contributed by atoms with van der Waals surface area (Å²) in [5.74, 6) is 3.63. The molecular formula is C18H31FO. The molecule has 20 heavy (non-hydrogen) atoms. The van der Waals surface area contributed by atoms with Gasteiger partial charge in [-0.2, -0.15) is 0 Å². The lowest BCUT2D eigenvalue weighted by atomic mass is 9.69. The van der Waals surface area contributed by atoms with Gasteiger partial charge in [0.05, 0.1) is 6.33 Å².